The number of nitrogens with one attached hydrogen (secondary N) is 2. The molecule has 6 nitrogen and oxygen atoms in total. The average molecular weight is 338 g/mol. The minimum atomic E-state index is -0.408. The number of para-hydroxylation sites is 1. The van der Waals surface area contributed by atoms with Crippen molar-refractivity contribution in [3.63, 3.8) is 0 Å². The second-order valence-electron chi connectivity index (χ2n) is 6.34. The van der Waals surface area contributed by atoms with E-state index < -0.39 is 6.04 Å². The van der Waals surface area contributed by atoms with Gasteiger partial charge in [-0.1, -0.05) is 26.0 Å². The Morgan fingerprint density at radius 2 is 1.96 bits per heavy atom. The molecule has 0 aliphatic heterocycles. The van der Waals surface area contributed by atoms with E-state index in [0.29, 0.717) is 12.4 Å². The highest BCUT2D eigenvalue weighted by molar-refractivity contribution is 5.92. The Balaban J connectivity index is 1.75. The number of hydrogen-bond acceptors (Lipinski definition) is 5. The Labute approximate surface area is 146 Å². The molecule has 0 fully saturated rings. The number of furan rings is 1. The van der Waals surface area contributed by atoms with Gasteiger partial charge in [0, 0.05) is 5.39 Å². The summed E-state index contributed by atoms with van der Waals surface area (Å²) in [4.78, 5) is 21.2. The molecule has 1 aromatic carbocycles. The molecule has 6 heteroatoms. The molecular weight excluding hydrogens is 316 g/mol. The van der Waals surface area contributed by atoms with E-state index in [0.717, 1.165) is 22.4 Å². The molecule has 3 aromatic rings. The number of aryl methyl sites for hydroxylation is 1. The minimum absolute atomic E-state index is 0.0899. The van der Waals surface area contributed by atoms with E-state index in [9.17, 15) is 4.79 Å². The lowest BCUT2D eigenvalue weighted by Gasteiger charge is -2.22. The highest BCUT2D eigenvalue weighted by Gasteiger charge is 2.23. The summed E-state index contributed by atoms with van der Waals surface area (Å²) < 4.78 is 5.49. The topological polar surface area (TPSA) is 80.0 Å². The fraction of sp³-hybridized carbons (Fsp3) is 0.316. The molecule has 0 bridgehead atoms. The van der Waals surface area contributed by atoms with Crippen molar-refractivity contribution in [3.8, 4) is 0 Å². The van der Waals surface area contributed by atoms with Gasteiger partial charge in [0.15, 0.2) is 0 Å². The number of fused-ring (bicyclic) bond motifs is 1. The van der Waals surface area contributed by atoms with Gasteiger partial charge in [-0.3, -0.25) is 4.79 Å². The van der Waals surface area contributed by atoms with Crippen LogP contribution in [0.5, 0.6) is 0 Å². The Morgan fingerprint density at radius 1 is 1.16 bits per heavy atom. The number of carbonyl (C=O) groups is 1. The zero-order chi connectivity index (χ0) is 17.8. The number of carbonyl (C=O) groups excluding carboxylic acids is 1. The summed E-state index contributed by atoms with van der Waals surface area (Å²) >= 11 is 0. The molecule has 2 aromatic heterocycles. The van der Waals surface area contributed by atoms with Crippen molar-refractivity contribution in [3.05, 3.63) is 54.2 Å². The van der Waals surface area contributed by atoms with E-state index in [1.54, 1.807) is 0 Å². The van der Waals surface area contributed by atoms with Gasteiger partial charge in [0.1, 0.15) is 29.7 Å². The van der Waals surface area contributed by atoms with Crippen LogP contribution in [0.2, 0.25) is 0 Å². The van der Waals surface area contributed by atoms with E-state index in [-0.39, 0.29) is 11.8 Å². The van der Waals surface area contributed by atoms with Crippen LogP contribution >= 0.6 is 0 Å². The molecule has 130 valence electrons. The van der Waals surface area contributed by atoms with Crippen LogP contribution in [0.25, 0.3) is 10.9 Å². The zero-order valence-corrected chi connectivity index (χ0v) is 14.6. The SMILES string of the molecule is Cc1ccc(CNC(=O)[C@@H](Nc2ncnc3ccccc23)C(C)C)o1. The fourth-order valence-corrected chi connectivity index (χ4v) is 2.67. The van der Waals surface area contributed by atoms with Crippen molar-refractivity contribution in [1.29, 1.82) is 0 Å². The second kappa shape index (κ2) is 7.34. The Bertz CT molecular complexity index is 867. The maximum absolute atomic E-state index is 12.6. The van der Waals surface area contributed by atoms with Crippen molar-refractivity contribution in [2.75, 3.05) is 5.32 Å². The Kier molecular flexibility index (Phi) is 4.97. The van der Waals surface area contributed by atoms with E-state index >= 15 is 0 Å². The van der Waals surface area contributed by atoms with Gasteiger partial charge < -0.3 is 15.1 Å². The summed E-state index contributed by atoms with van der Waals surface area (Å²) in [6.07, 6.45) is 1.51. The molecule has 0 saturated carbocycles. The van der Waals surface area contributed by atoms with Crippen LogP contribution in [0.3, 0.4) is 0 Å². The first kappa shape index (κ1) is 17.0. The van der Waals surface area contributed by atoms with Gasteiger partial charge in [0.05, 0.1) is 12.1 Å². The summed E-state index contributed by atoms with van der Waals surface area (Å²) in [5, 5.41) is 7.09. The van der Waals surface area contributed by atoms with Gasteiger partial charge in [-0.15, -0.1) is 0 Å². The van der Waals surface area contributed by atoms with Crippen LogP contribution in [0.1, 0.15) is 25.4 Å². The number of rotatable bonds is 6. The lowest BCUT2D eigenvalue weighted by Crippen LogP contribution is -2.42. The largest absolute Gasteiger partial charge is 0.465 e. The minimum Gasteiger partial charge on any atom is -0.465 e. The van der Waals surface area contributed by atoms with Crippen LogP contribution in [0.15, 0.2) is 47.1 Å². The summed E-state index contributed by atoms with van der Waals surface area (Å²) in [7, 11) is 0. The Hall–Kier alpha value is -2.89. The van der Waals surface area contributed by atoms with Crippen molar-refractivity contribution >= 4 is 22.6 Å². The van der Waals surface area contributed by atoms with Crippen molar-refractivity contribution in [1.82, 2.24) is 15.3 Å². The van der Waals surface area contributed by atoms with Crippen molar-refractivity contribution in [2.45, 2.75) is 33.4 Å². The lowest BCUT2D eigenvalue weighted by atomic mass is 10.0. The number of amides is 1. The molecule has 1 amide bonds. The molecule has 0 aliphatic rings. The summed E-state index contributed by atoms with van der Waals surface area (Å²) in [6, 6.07) is 11.1. The predicted molar refractivity (Wildman–Crippen MR) is 97.1 cm³/mol. The highest BCUT2D eigenvalue weighted by atomic mass is 16.3. The zero-order valence-electron chi connectivity index (χ0n) is 14.6. The lowest BCUT2D eigenvalue weighted by molar-refractivity contribution is -0.122. The summed E-state index contributed by atoms with van der Waals surface area (Å²) in [5.41, 5.74) is 0.842. The average Bonchev–Trinajstić information content (AvgIpc) is 3.02. The second-order valence-corrected chi connectivity index (χ2v) is 6.34. The first-order valence-corrected chi connectivity index (χ1v) is 8.34. The molecule has 3 rings (SSSR count). The first-order chi connectivity index (χ1) is 12.0. The smallest absolute Gasteiger partial charge is 0.243 e. The molecule has 0 unspecified atom stereocenters. The third-order valence-electron chi connectivity index (χ3n) is 4.02. The molecule has 2 N–H and O–H groups in total. The van der Waals surface area contributed by atoms with Gasteiger partial charge in [-0.25, -0.2) is 9.97 Å². The maximum Gasteiger partial charge on any atom is 0.243 e. The molecule has 1 atom stereocenters. The van der Waals surface area contributed by atoms with Crippen molar-refractivity contribution < 1.29 is 9.21 Å². The number of nitrogens with zero attached hydrogens (tertiary/aromatic N) is 2. The number of hydrogen-bond donors (Lipinski definition) is 2. The van der Waals surface area contributed by atoms with Crippen LogP contribution in [0, 0.1) is 12.8 Å². The fourth-order valence-electron chi connectivity index (χ4n) is 2.67. The van der Waals surface area contributed by atoms with Gasteiger partial charge in [-0.2, -0.15) is 0 Å². The van der Waals surface area contributed by atoms with Crippen LogP contribution in [-0.4, -0.2) is 21.9 Å². The monoisotopic (exact) mass is 338 g/mol. The van der Waals surface area contributed by atoms with E-state index in [1.807, 2.05) is 57.2 Å². The van der Waals surface area contributed by atoms with Gasteiger partial charge >= 0.3 is 0 Å². The third-order valence-corrected chi connectivity index (χ3v) is 4.02. The quantitative estimate of drug-likeness (QED) is 0.721. The number of benzene rings is 1. The maximum atomic E-state index is 12.6. The van der Waals surface area contributed by atoms with Gasteiger partial charge in [0.2, 0.25) is 5.91 Å². The molecular formula is C19H22N4O2. The molecule has 0 spiro atoms. The molecule has 0 saturated heterocycles. The van der Waals surface area contributed by atoms with E-state index in [4.69, 9.17) is 4.42 Å². The number of anilines is 1. The van der Waals surface area contributed by atoms with Gasteiger partial charge in [0.25, 0.3) is 0 Å². The van der Waals surface area contributed by atoms with Crippen LogP contribution in [0.4, 0.5) is 5.82 Å². The molecule has 25 heavy (non-hydrogen) atoms. The standard InChI is InChI=1S/C19H22N4O2/c1-12(2)17(19(24)20-10-14-9-8-13(3)25-14)23-18-15-6-4-5-7-16(15)21-11-22-18/h4-9,11-12,17H,10H2,1-3H3,(H,20,24)(H,21,22,23)/t17-/m0/s1. The highest BCUT2D eigenvalue weighted by Crippen LogP contribution is 2.20. The van der Waals surface area contributed by atoms with E-state index in [1.165, 1.54) is 6.33 Å². The predicted octanol–water partition coefficient (Wildman–Crippen LogP) is 3.28. The van der Waals surface area contributed by atoms with Crippen molar-refractivity contribution in [2.24, 2.45) is 5.92 Å². The summed E-state index contributed by atoms with van der Waals surface area (Å²) in [6.45, 7) is 6.24. The normalized spacial score (nSPS) is 12.3. The first-order valence-electron chi connectivity index (χ1n) is 8.34. The molecule has 0 radical (unpaired) electrons. The van der Waals surface area contributed by atoms with Gasteiger partial charge in [-0.05, 0) is 37.1 Å². The molecule has 0 aliphatic carbocycles. The van der Waals surface area contributed by atoms with Crippen LogP contribution in [-0.2, 0) is 11.3 Å². The summed E-state index contributed by atoms with van der Waals surface area (Å²) in [5.74, 6) is 2.23. The Morgan fingerprint density at radius 3 is 2.68 bits per heavy atom. The van der Waals surface area contributed by atoms with Crippen LogP contribution < -0.4 is 10.6 Å². The van der Waals surface area contributed by atoms with E-state index in [2.05, 4.69) is 20.6 Å². The molecule has 2 heterocycles. The number of aromatic nitrogens is 2. The third kappa shape index (κ3) is 3.96.